The van der Waals surface area contributed by atoms with E-state index in [4.69, 9.17) is 14.1 Å². The summed E-state index contributed by atoms with van der Waals surface area (Å²) in [5.74, 6) is 1.38. The van der Waals surface area contributed by atoms with Crippen LogP contribution in [0.15, 0.2) is 41.6 Å². The molecule has 0 N–H and O–H groups in total. The Kier molecular flexibility index (Phi) is 6.48. The lowest BCUT2D eigenvalue weighted by atomic mass is 10.0. The molecule has 5 heterocycles. The fourth-order valence-corrected chi connectivity index (χ4v) is 5.38. The molecule has 2 saturated heterocycles. The topological polar surface area (TPSA) is 89.5 Å². The quantitative estimate of drug-likeness (QED) is 0.512. The van der Waals surface area contributed by atoms with Crippen molar-refractivity contribution >= 4 is 18.6 Å². The van der Waals surface area contributed by atoms with Crippen LogP contribution in [0.2, 0.25) is 0 Å². The zero-order valence-electron chi connectivity index (χ0n) is 21.0. The Morgan fingerprint density at radius 3 is 2.62 bits per heavy atom. The Hall–Kier alpha value is -3.56. The summed E-state index contributed by atoms with van der Waals surface area (Å²) in [5.41, 5.74) is 2.86. The Balaban J connectivity index is 1.24. The fraction of sp³-hybridized carbons (Fsp3) is 0.429. The van der Waals surface area contributed by atoms with Crippen molar-refractivity contribution in [2.24, 2.45) is 0 Å². The minimum Gasteiger partial charge on any atom is -0.454 e. The standard InChI is InChI=1S/C28H32N6O3/c1-3-4-24-19(2)17-25(37-24)23-7-10-29-28(31-23)34-26(20-5-6-20)22(18-30-34)27(35)33-11-8-21(9-12-33)32-13-15-36-16-14-32/h3-4,7,10,17-18,20-21H,1-2,5-6,8-9,11-16H2/b24-4+. The van der Waals surface area contributed by atoms with Crippen molar-refractivity contribution in [2.45, 2.75) is 37.6 Å². The Morgan fingerprint density at radius 2 is 1.89 bits per heavy atom. The molecule has 0 aromatic carbocycles. The number of ether oxygens (including phenoxy) is 1. The van der Waals surface area contributed by atoms with Gasteiger partial charge in [-0.2, -0.15) is 5.10 Å². The third-order valence-electron chi connectivity index (χ3n) is 7.51. The van der Waals surface area contributed by atoms with E-state index in [2.05, 4.69) is 28.1 Å². The second-order valence-electron chi connectivity index (χ2n) is 9.95. The van der Waals surface area contributed by atoms with Crippen LogP contribution in [0.5, 0.6) is 0 Å². The highest BCUT2D eigenvalue weighted by molar-refractivity contribution is 5.95. The number of hydrogen-bond donors (Lipinski definition) is 0. The molecule has 3 fully saturated rings. The molecular formula is C28H32N6O3. The van der Waals surface area contributed by atoms with Gasteiger partial charge in [0.25, 0.3) is 11.9 Å². The Bertz CT molecular complexity index is 1410. The van der Waals surface area contributed by atoms with E-state index in [1.807, 2.05) is 11.0 Å². The second-order valence-corrected chi connectivity index (χ2v) is 9.95. The lowest BCUT2D eigenvalue weighted by molar-refractivity contribution is 0.00157. The van der Waals surface area contributed by atoms with Crippen molar-refractivity contribution in [3.8, 4) is 17.4 Å². The van der Waals surface area contributed by atoms with E-state index in [1.165, 1.54) is 0 Å². The summed E-state index contributed by atoms with van der Waals surface area (Å²) >= 11 is 0. The predicted molar refractivity (Wildman–Crippen MR) is 140 cm³/mol. The van der Waals surface area contributed by atoms with Crippen molar-refractivity contribution < 1.29 is 13.9 Å². The minimum absolute atomic E-state index is 0.0575. The molecule has 1 saturated carbocycles. The third kappa shape index (κ3) is 4.76. The number of furan rings is 1. The van der Waals surface area contributed by atoms with Crippen molar-refractivity contribution in [1.82, 2.24) is 29.5 Å². The van der Waals surface area contributed by atoms with E-state index in [1.54, 1.807) is 35.3 Å². The number of carbonyl (C=O) groups excluding carboxylic acids is 1. The van der Waals surface area contributed by atoms with Crippen LogP contribution in [0.25, 0.3) is 30.1 Å². The molecule has 9 nitrogen and oxygen atoms in total. The van der Waals surface area contributed by atoms with E-state index >= 15 is 0 Å². The smallest absolute Gasteiger partial charge is 0.257 e. The molecular weight excluding hydrogens is 468 g/mol. The number of aromatic nitrogens is 4. The van der Waals surface area contributed by atoms with E-state index in [0.717, 1.165) is 76.0 Å². The van der Waals surface area contributed by atoms with Crippen LogP contribution in [-0.4, -0.2) is 80.9 Å². The molecule has 3 aliphatic rings. The molecule has 3 aromatic heterocycles. The zero-order chi connectivity index (χ0) is 25.4. The summed E-state index contributed by atoms with van der Waals surface area (Å²) in [6, 6.07) is 4.17. The maximum Gasteiger partial charge on any atom is 0.257 e. The average Bonchev–Trinajstić information content (AvgIpc) is 3.58. The van der Waals surface area contributed by atoms with Crippen LogP contribution in [0.4, 0.5) is 0 Å². The highest BCUT2D eigenvalue weighted by atomic mass is 16.5. The van der Waals surface area contributed by atoms with Gasteiger partial charge in [0.15, 0.2) is 5.76 Å². The first kappa shape index (κ1) is 23.8. The van der Waals surface area contributed by atoms with Gasteiger partial charge < -0.3 is 14.1 Å². The number of likely N-dealkylation sites (tertiary alicyclic amines) is 1. The number of hydrogen-bond acceptors (Lipinski definition) is 7. The fourth-order valence-electron chi connectivity index (χ4n) is 5.38. The number of morpholine rings is 1. The maximum atomic E-state index is 13.6. The molecule has 37 heavy (non-hydrogen) atoms. The second kappa shape index (κ2) is 10.1. The average molecular weight is 501 g/mol. The van der Waals surface area contributed by atoms with Crippen LogP contribution in [0.1, 0.15) is 47.7 Å². The van der Waals surface area contributed by atoms with Crippen molar-refractivity contribution in [3.63, 3.8) is 0 Å². The molecule has 0 radical (unpaired) electrons. The number of carbonyl (C=O) groups is 1. The summed E-state index contributed by atoms with van der Waals surface area (Å²) in [6.07, 6.45) is 10.9. The van der Waals surface area contributed by atoms with Crippen molar-refractivity contribution in [2.75, 3.05) is 39.4 Å². The first-order chi connectivity index (χ1) is 18.1. The third-order valence-corrected chi connectivity index (χ3v) is 7.51. The van der Waals surface area contributed by atoms with Crippen molar-refractivity contribution in [3.05, 3.63) is 59.1 Å². The Labute approximate surface area is 215 Å². The molecule has 0 spiro atoms. The van der Waals surface area contributed by atoms with E-state index in [0.29, 0.717) is 40.3 Å². The SMILES string of the molecule is C=C/C=c1/oc(-c2ccnc(-n3ncc(C(=O)N4CCC(N5CCOCC5)CC4)c3C3CC3)n2)cc1=C. The van der Waals surface area contributed by atoms with Gasteiger partial charge in [0.05, 0.1) is 30.7 Å². The number of nitrogens with zero attached hydrogens (tertiary/aromatic N) is 6. The molecule has 1 amide bonds. The molecule has 2 aliphatic heterocycles. The molecule has 6 rings (SSSR count). The zero-order valence-corrected chi connectivity index (χ0v) is 21.0. The summed E-state index contributed by atoms with van der Waals surface area (Å²) in [7, 11) is 0. The van der Waals surface area contributed by atoms with Crippen LogP contribution in [0, 0.1) is 0 Å². The largest absolute Gasteiger partial charge is 0.454 e. The van der Waals surface area contributed by atoms with E-state index in [-0.39, 0.29) is 5.91 Å². The van der Waals surface area contributed by atoms with E-state index < -0.39 is 0 Å². The summed E-state index contributed by atoms with van der Waals surface area (Å²) < 4.78 is 13.2. The molecule has 0 bridgehead atoms. The van der Waals surface area contributed by atoms with Gasteiger partial charge in [0.2, 0.25) is 0 Å². The van der Waals surface area contributed by atoms with Crippen LogP contribution in [0.3, 0.4) is 0 Å². The van der Waals surface area contributed by atoms with Gasteiger partial charge in [-0.1, -0.05) is 19.2 Å². The monoisotopic (exact) mass is 500 g/mol. The summed E-state index contributed by atoms with van der Waals surface area (Å²) in [4.78, 5) is 27.4. The van der Waals surface area contributed by atoms with Gasteiger partial charge in [-0.25, -0.2) is 14.6 Å². The van der Waals surface area contributed by atoms with Gasteiger partial charge in [0, 0.05) is 49.6 Å². The lowest BCUT2D eigenvalue weighted by Crippen LogP contribution is -2.50. The highest BCUT2D eigenvalue weighted by Gasteiger charge is 2.36. The van der Waals surface area contributed by atoms with Crippen LogP contribution >= 0.6 is 0 Å². The number of rotatable bonds is 6. The number of allylic oxidation sites excluding steroid dienone is 1. The molecule has 3 aromatic rings. The first-order valence-corrected chi connectivity index (χ1v) is 13.1. The molecule has 0 atom stereocenters. The lowest BCUT2D eigenvalue weighted by Gasteiger charge is -2.40. The van der Waals surface area contributed by atoms with Gasteiger partial charge in [0.1, 0.15) is 11.1 Å². The molecule has 0 unspecified atom stereocenters. The predicted octanol–water partition coefficient (Wildman–Crippen LogP) is 2.11. The molecule has 192 valence electrons. The number of amides is 1. The molecule has 9 heteroatoms. The summed E-state index contributed by atoms with van der Waals surface area (Å²) in [6.45, 7) is 12.8. The number of piperidine rings is 1. The minimum atomic E-state index is 0.0575. The highest BCUT2D eigenvalue weighted by Crippen LogP contribution is 2.42. The van der Waals surface area contributed by atoms with Crippen LogP contribution < -0.4 is 10.6 Å². The van der Waals surface area contributed by atoms with Gasteiger partial charge in [-0.15, -0.1) is 0 Å². The summed E-state index contributed by atoms with van der Waals surface area (Å²) in [5, 5.41) is 5.36. The van der Waals surface area contributed by atoms with E-state index in [9.17, 15) is 4.79 Å². The maximum absolute atomic E-state index is 13.6. The van der Waals surface area contributed by atoms with Crippen LogP contribution in [-0.2, 0) is 4.74 Å². The van der Waals surface area contributed by atoms with Gasteiger partial charge in [-0.05, 0) is 43.9 Å². The normalized spacial score (nSPS) is 19.9. The van der Waals surface area contributed by atoms with Crippen molar-refractivity contribution in [1.29, 1.82) is 0 Å². The first-order valence-electron chi connectivity index (χ1n) is 13.1. The van der Waals surface area contributed by atoms with Gasteiger partial charge >= 0.3 is 0 Å². The van der Waals surface area contributed by atoms with Gasteiger partial charge in [-0.3, -0.25) is 9.69 Å². The molecule has 1 aliphatic carbocycles. The Morgan fingerprint density at radius 1 is 1.11 bits per heavy atom.